The van der Waals surface area contributed by atoms with Crippen molar-refractivity contribution in [2.45, 2.75) is 32.3 Å². The number of anilines is 1. The van der Waals surface area contributed by atoms with Crippen molar-refractivity contribution in [2.24, 2.45) is 5.92 Å². The molecule has 88 valence electrons. The van der Waals surface area contributed by atoms with E-state index in [1.807, 2.05) is 13.1 Å². The van der Waals surface area contributed by atoms with Crippen molar-refractivity contribution < 1.29 is 4.74 Å². The molecule has 1 aliphatic rings. The highest BCUT2D eigenvalue weighted by atomic mass is 16.5. The van der Waals surface area contributed by atoms with E-state index >= 15 is 0 Å². The van der Waals surface area contributed by atoms with Crippen LogP contribution in [0.2, 0.25) is 0 Å². The molecule has 1 aromatic rings. The molecule has 0 saturated heterocycles. The summed E-state index contributed by atoms with van der Waals surface area (Å²) in [6.45, 7) is 1.54. The second-order valence-corrected chi connectivity index (χ2v) is 4.40. The third kappa shape index (κ3) is 2.95. The molecule has 1 heterocycles. The van der Waals surface area contributed by atoms with Crippen molar-refractivity contribution in [1.82, 2.24) is 4.98 Å². The third-order valence-electron chi connectivity index (χ3n) is 3.28. The molecule has 3 heteroatoms. The Labute approximate surface area is 97.2 Å². The van der Waals surface area contributed by atoms with Crippen LogP contribution < -0.4 is 5.32 Å². The van der Waals surface area contributed by atoms with Gasteiger partial charge in [0.2, 0.25) is 0 Å². The van der Waals surface area contributed by atoms with Crippen LogP contribution in [0.15, 0.2) is 18.3 Å². The van der Waals surface area contributed by atoms with Crippen LogP contribution >= 0.6 is 0 Å². The Balaban J connectivity index is 1.71. The van der Waals surface area contributed by atoms with Gasteiger partial charge in [-0.05, 0) is 18.4 Å². The number of hydrogen-bond donors (Lipinski definition) is 1. The third-order valence-corrected chi connectivity index (χ3v) is 3.28. The van der Waals surface area contributed by atoms with E-state index in [2.05, 4.69) is 16.4 Å². The zero-order valence-corrected chi connectivity index (χ0v) is 9.91. The highest BCUT2D eigenvalue weighted by Crippen LogP contribution is 2.29. The number of aromatic nitrogens is 1. The van der Waals surface area contributed by atoms with E-state index in [4.69, 9.17) is 4.74 Å². The van der Waals surface area contributed by atoms with Gasteiger partial charge in [0.25, 0.3) is 0 Å². The van der Waals surface area contributed by atoms with Crippen molar-refractivity contribution in [3.05, 3.63) is 23.9 Å². The van der Waals surface area contributed by atoms with Gasteiger partial charge in [-0.25, -0.2) is 4.98 Å². The Bertz CT molecular complexity index is 323. The van der Waals surface area contributed by atoms with Crippen molar-refractivity contribution >= 4 is 5.82 Å². The largest absolute Gasteiger partial charge is 0.377 e. The number of nitrogens with zero attached hydrogens (tertiary/aromatic N) is 1. The minimum Gasteiger partial charge on any atom is -0.377 e. The summed E-state index contributed by atoms with van der Waals surface area (Å²) in [5.41, 5.74) is 1.14. The van der Waals surface area contributed by atoms with Crippen molar-refractivity contribution in [3.8, 4) is 0 Å². The summed E-state index contributed by atoms with van der Waals surface area (Å²) in [6.07, 6.45) is 7.23. The Kier molecular flexibility index (Phi) is 4.17. The fourth-order valence-corrected chi connectivity index (χ4v) is 1.99. The van der Waals surface area contributed by atoms with E-state index in [0.717, 1.165) is 23.9 Å². The zero-order chi connectivity index (χ0) is 11.2. The van der Waals surface area contributed by atoms with Crippen LogP contribution in [0, 0.1) is 5.92 Å². The lowest BCUT2D eigenvalue weighted by Gasteiger charge is -2.24. The molecule has 0 radical (unpaired) electrons. The number of pyridine rings is 1. The predicted molar refractivity (Wildman–Crippen MR) is 65.4 cm³/mol. The molecule has 1 fully saturated rings. The van der Waals surface area contributed by atoms with Gasteiger partial charge in [-0.1, -0.05) is 25.3 Å². The molecule has 0 aliphatic heterocycles. The minimum absolute atomic E-state index is 0.663. The topological polar surface area (TPSA) is 34.2 Å². The quantitative estimate of drug-likeness (QED) is 0.748. The lowest BCUT2D eigenvalue weighted by atomic mass is 9.83. The Morgan fingerprint density at radius 3 is 3.06 bits per heavy atom. The summed E-state index contributed by atoms with van der Waals surface area (Å²) in [4.78, 5) is 4.25. The molecule has 0 amide bonds. The second kappa shape index (κ2) is 5.85. The summed E-state index contributed by atoms with van der Waals surface area (Å²) in [5.74, 6) is 1.85. The maximum atomic E-state index is 5.69. The van der Waals surface area contributed by atoms with E-state index < -0.39 is 0 Å². The SMILES string of the molecule is CNc1ncccc1COCCC1CCC1. The van der Waals surface area contributed by atoms with Crippen LogP contribution in [-0.2, 0) is 11.3 Å². The Hall–Kier alpha value is -1.09. The van der Waals surface area contributed by atoms with Gasteiger partial charge >= 0.3 is 0 Å². The second-order valence-electron chi connectivity index (χ2n) is 4.40. The van der Waals surface area contributed by atoms with Gasteiger partial charge in [-0.2, -0.15) is 0 Å². The van der Waals surface area contributed by atoms with Crippen LogP contribution in [0.5, 0.6) is 0 Å². The van der Waals surface area contributed by atoms with Gasteiger partial charge in [0.15, 0.2) is 0 Å². The van der Waals surface area contributed by atoms with Gasteiger partial charge in [-0.15, -0.1) is 0 Å². The smallest absolute Gasteiger partial charge is 0.131 e. The van der Waals surface area contributed by atoms with E-state index in [0.29, 0.717) is 6.61 Å². The van der Waals surface area contributed by atoms with Gasteiger partial charge in [0, 0.05) is 25.4 Å². The van der Waals surface area contributed by atoms with E-state index in [-0.39, 0.29) is 0 Å². The van der Waals surface area contributed by atoms with Crippen molar-refractivity contribution in [2.75, 3.05) is 19.0 Å². The molecule has 1 aliphatic carbocycles. The molecular formula is C13H20N2O. The fourth-order valence-electron chi connectivity index (χ4n) is 1.99. The average Bonchev–Trinajstić information content (AvgIpc) is 2.27. The number of hydrogen-bond acceptors (Lipinski definition) is 3. The van der Waals surface area contributed by atoms with E-state index in [1.54, 1.807) is 6.20 Å². The summed E-state index contributed by atoms with van der Waals surface area (Å²) in [5, 5.41) is 3.08. The summed E-state index contributed by atoms with van der Waals surface area (Å²) < 4.78 is 5.69. The maximum absolute atomic E-state index is 5.69. The minimum atomic E-state index is 0.663. The molecule has 0 bridgehead atoms. The maximum Gasteiger partial charge on any atom is 0.131 e. The predicted octanol–water partition coefficient (Wildman–Crippen LogP) is 2.83. The first-order valence-corrected chi connectivity index (χ1v) is 6.09. The van der Waals surface area contributed by atoms with Gasteiger partial charge in [-0.3, -0.25) is 0 Å². The normalized spacial score (nSPS) is 15.8. The summed E-state index contributed by atoms with van der Waals surface area (Å²) in [7, 11) is 1.89. The molecule has 1 N–H and O–H groups in total. The van der Waals surface area contributed by atoms with E-state index in [9.17, 15) is 0 Å². The van der Waals surface area contributed by atoms with Gasteiger partial charge in [0.1, 0.15) is 5.82 Å². The van der Waals surface area contributed by atoms with Gasteiger partial charge < -0.3 is 10.1 Å². The van der Waals surface area contributed by atoms with E-state index in [1.165, 1.54) is 25.7 Å². The fraction of sp³-hybridized carbons (Fsp3) is 0.615. The molecular weight excluding hydrogens is 200 g/mol. The van der Waals surface area contributed by atoms with Crippen LogP contribution in [0.1, 0.15) is 31.2 Å². The highest BCUT2D eigenvalue weighted by Gasteiger charge is 2.16. The van der Waals surface area contributed by atoms with Crippen LogP contribution in [0.3, 0.4) is 0 Å². The van der Waals surface area contributed by atoms with Crippen molar-refractivity contribution in [1.29, 1.82) is 0 Å². The van der Waals surface area contributed by atoms with Gasteiger partial charge in [0.05, 0.1) is 6.61 Å². The molecule has 16 heavy (non-hydrogen) atoms. The molecule has 3 nitrogen and oxygen atoms in total. The number of rotatable bonds is 6. The molecule has 0 atom stereocenters. The standard InChI is InChI=1S/C13H20N2O/c1-14-13-12(6-3-8-15-13)10-16-9-7-11-4-2-5-11/h3,6,8,11H,2,4-5,7,9-10H2,1H3,(H,14,15). The molecule has 1 saturated carbocycles. The van der Waals surface area contributed by atoms with Crippen LogP contribution in [0.25, 0.3) is 0 Å². The zero-order valence-electron chi connectivity index (χ0n) is 9.91. The molecule has 0 spiro atoms. The monoisotopic (exact) mass is 220 g/mol. The first-order chi connectivity index (χ1) is 7.90. The lowest BCUT2D eigenvalue weighted by Crippen LogP contribution is -2.13. The first kappa shape index (κ1) is 11.4. The Morgan fingerprint density at radius 1 is 1.50 bits per heavy atom. The first-order valence-electron chi connectivity index (χ1n) is 6.09. The summed E-state index contributed by atoms with van der Waals surface area (Å²) >= 11 is 0. The highest BCUT2D eigenvalue weighted by molar-refractivity contribution is 5.42. The van der Waals surface area contributed by atoms with Crippen LogP contribution in [0.4, 0.5) is 5.82 Å². The molecule has 0 unspecified atom stereocenters. The average molecular weight is 220 g/mol. The number of ether oxygens (including phenoxy) is 1. The Morgan fingerprint density at radius 2 is 2.38 bits per heavy atom. The van der Waals surface area contributed by atoms with Crippen molar-refractivity contribution in [3.63, 3.8) is 0 Å². The lowest BCUT2D eigenvalue weighted by molar-refractivity contribution is 0.0952. The number of nitrogens with one attached hydrogen (secondary N) is 1. The molecule has 0 aromatic carbocycles. The summed E-state index contributed by atoms with van der Waals surface area (Å²) in [6, 6.07) is 4.01. The van der Waals surface area contributed by atoms with Crippen LogP contribution in [-0.4, -0.2) is 18.6 Å². The molecule has 1 aromatic heterocycles. The molecule has 2 rings (SSSR count).